The summed E-state index contributed by atoms with van der Waals surface area (Å²) >= 11 is 0. The Morgan fingerprint density at radius 1 is 1.65 bits per heavy atom. The van der Waals surface area contributed by atoms with Crippen molar-refractivity contribution in [3.8, 4) is 0 Å². The molecule has 1 aromatic rings. The van der Waals surface area contributed by atoms with E-state index >= 15 is 0 Å². The SMILES string of the molecule is CC(C)N1CCC(CNc2ncc(N)cc2C(=O)O)C1. The van der Waals surface area contributed by atoms with Gasteiger partial charge in [-0.2, -0.15) is 0 Å². The van der Waals surface area contributed by atoms with Gasteiger partial charge in [-0.25, -0.2) is 9.78 Å². The van der Waals surface area contributed by atoms with Crippen LogP contribution < -0.4 is 11.1 Å². The number of nitrogens with one attached hydrogen (secondary N) is 1. The van der Waals surface area contributed by atoms with Crippen LogP contribution in [0.2, 0.25) is 0 Å². The van der Waals surface area contributed by atoms with Gasteiger partial charge in [-0.3, -0.25) is 0 Å². The van der Waals surface area contributed by atoms with E-state index in [2.05, 4.69) is 29.0 Å². The van der Waals surface area contributed by atoms with Crippen LogP contribution in [0.3, 0.4) is 0 Å². The number of carbonyl (C=O) groups is 1. The zero-order valence-corrected chi connectivity index (χ0v) is 12.0. The van der Waals surface area contributed by atoms with Crippen LogP contribution >= 0.6 is 0 Å². The van der Waals surface area contributed by atoms with Crippen molar-refractivity contribution in [1.82, 2.24) is 9.88 Å². The minimum Gasteiger partial charge on any atom is -0.478 e. The van der Waals surface area contributed by atoms with Crippen LogP contribution in [0.25, 0.3) is 0 Å². The van der Waals surface area contributed by atoms with E-state index in [9.17, 15) is 4.79 Å². The van der Waals surface area contributed by atoms with Crippen molar-refractivity contribution in [1.29, 1.82) is 0 Å². The van der Waals surface area contributed by atoms with Crippen molar-refractivity contribution in [2.75, 3.05) is 30.7 Å². The number of hydrogen-bond donors (Lipinski definition) is 3. The Kier molecular flexibility index (Phi) is 4.44. The molecule has 0 amide bonds. The van der Waals surface area contributed by atoms with E-state index in [0.29, 0.717) is 23.5 Å². The van der Waals surface area contributed by atoms with Crippen LogP contribution in [-0.4, -0.2) is 46.6 Å². The second kappa shape index (κ2) is 6.09. The highest BCUT2D eigenvalue weighted by Crippen LogP contribution is 2.21. The van der Waals surface area contributed by atoms with Gasteiger partial charge in [-0.15, -0.1) is 0 Å². The Morgan fingerprint density at radius 3 is 3.00 bits per heavy atom. The second-order valence-corrected chi connectivity index (χ2v) is 5.59. The zero-order chi connectivity index (χ0) is 14.7. The number of aromatic nitrogens is 1. The third-order valence-electron chi connectivity index (χ3n) is 3.75. The van der Waals surface area contributed by atoms with Crippen molar-refractivity contribution >= 4 is 17.5 Å². The lowest BCUT2D eigenvalue weighted by Gasteiger charge is -2.20. The van der Waals surface area contributed by atoms with Gasteiger partial charge >= 0.3 is 5.97 Å². The van der Waals surface area contributed by atoms with Gasteiger partial charge < -0.3 is 21.1 Å². The van der Waals surface area contributed by atoms with E-state index in [0.717, 1.165) is 26.1 Å². The molecular formula is C14H22N4O2. The lowest BCUT2D eigenvalue weighted by atomic mass is 10.1. The Labute approximate surface area is 119 Å². The predicted molar refractivity (Wildman–Crippen MR) is 78.9 cm³/mol. The average Bonchev–Trinajstić information content (AvgIpc) is 2.86. The van der Waals surface area contributed by atoms with Gasteiger partial charge in [0.2, 0.25) is 0 Å². The summed E-state index contributed by atoms with van der Waals surface area (Å²) in [6.45, 7) is 7.27. The van der Waals surface area contributed by atoms with E-state index < -0.39 is 5.97 Å². The van der Waals surface area contributed by atoms with E-state index in [1.807, 2.05) is 0 Å². The number of hydrogen-bond acceptors (Lipinski definition) is 5. The Bertz CT molecular complexity index is 490. The normalized spacial score (nSPS) is 19.4. The van der Waals surface area contributed by atoms with Gasteiger partial charge in [0, 0.05) is 19.1 Å². The molecular weight excluding hydrogens is 256 g/mol. The molecule has 0 saturated carbocycles. The topological polar surface area (TPSA) is 91.5 Å². The number of pyridine rings is 1. The van der Waals surface area contributed by atoms with E-state index in [1.165, 1.54) is 12.3 Å². The fourth-order valence-electron chi connectivity index (χ4n) is 2.52. The zero-order valence-electron chi connectivity index (χ0n) is 12.0. The first-order chi connectivity index (χ1) is 9.47. The fraction of sp³-hybridized carbons (Fsp3) is 0.571. The lowest BCUT2D eigenvalue weighted by Crippen LogP contribution is -2.29. The molecule has 0 spiro atoms. The minimum atomic E-state index is -1.01. The molecule has 1 aliphatic heterocycles. The van der Waals surface area contributed by atoms with E-state index in [4.69, 9.17) is 10.8 Å². The van der Waals surface area contributed by atoms with Crippen LogP contribution in [0, 0.1) is 5.92 Å². The first kappa shape index (κ1) is 14.6. The van der Waals surface area contributed by atoms with Crippen molar-refractivity contribution in [2.45, 2.75) is 26.3 Å². The number of nitrogen functional groups attached to an aromatic ring is 1. The fourth-order valence-corrected chi connectivity index (χ4v) is 2.52. The molecule has 110 valence electrons. The van der Waals surface area contributed by atoms with Gasteiger partial charge in [0.05, 0.1) is 11.9 Å². The third-order valence-corrected chi connectivity index (χ3v) is 3.75. The Balaban J connectivity index is 1.96. The van der Waals surface area contributed by atoms with Crippen LogP contribution in [0.1, 0.15) is 30.6 Å². The molecule has 1 unspecified atom stereocenters. The first-order valence-electron chi connectivity index (χ1n) is 6.94. The number of anilines is 2. The number of carboxylic acid groups (broad SMARTS) is 1. The molecule has 2 rings (SSSR count). The van der Waals surface area contributed by atoms with Gasteiger partial charge in [-0.1, -0.05) is 0 Å². The molecule has 2 heterocycles. The quantitative estimate of drug-likeness (QED) is 0.756. The summed E-state index contributed by atoms with van der Waals surface area (Å²) in [7, 11) is 0. The van der Waals surface area contributed by atoms with E-state index in [1.54, 1.807) is 0 Å². The summed E-state index contributed by atoms with van der Waals surface area (Å²) in [5, 5.41) is 12.3. The average molecular weight is 278 g/mol. The van der Waals surface area contributed by atoms with Crippen molar-refractivity contribution in [3.63, 3.8) is 0 Å². The molecule has 0 aliphatic carbocycles. The monoisotopic (exact) mass is 278 g/mol. The number of likely N-dealkylation sites (tertiary alicyclic amines) is 1. The lowest BCUT2D eigenvalue weighted by molar-refractivity contribution is 0.0697. The Morgan fingerprint density at radius 2 is 2.40 bits per heavy atom. The van der Waals surface area contributed by atoms with Gasteiger partial charge in [0.15, 0.2) is 0 Å². The molecule has 4 N–H and O–H groups in total. The molecule has 20 heavy (non-hydrogen) atoms. The summed E-state index contributed by atoms with van der Waals surface area (Å²) in [5.74, 6) is -0.0874. The van der Waals surface area contributed by atoms with Crippen LogP contribution in [-0.2, 0) is 0 Å². The second-order valence-electron chi connectivity index (χ2n) is 5.59. The van der Waals surface area contributed by atoms with Crippen LogP contribution in [0.5, 0.6) is 0 Å². The summed E-state index contributed by atoms with van der Waals surface area (Å²) in [6, 6.07) is 2.00. The number of rotatable bonds is 5. The highest BCUT2D eigenvalue weighted by molar-refractivity contribution is 5.94. The third kappa shape index (κ3) is 3.39. The molecule has 1 aromatic heterocycles. The molecule has 0 bridgehead atoms. The maximum Gasteiger partial charge on any atom is 0.339 e. The smallest absolute Gasteiger partial charge is 0.339 e. The number of carboxylic acids is 1. The van der Waals surface area contributed by atoms with Crippen LogP contribution in [0.4, 0.5) is 11.5 Å². The molecule has 6 heteroatoms. The number of aromatic carboxylic acids is 1. The summed E-state index contributed by atoms with van der Waals surface area (Å²) in [6.07, 6.45) is 2.60. The number of nitrogens with zero attached hydrogens (tertiary/aromatic N) is 2. The minimum absolute atomic E-state index is 0.128. The largest absolute Gasteiger partial charge is 0.478 e. The maximum absolute atomic E-state index is 11.2. The molecule has 1 aliphatic rings. The van der Waals surface area contributed by atoms with Gasteiger partial charge in [0.25, 0.3) is 0 Å². The van der Waals surface area contributed by atoms with E-state index in [-0.39, 0.29) is 5.56 Å². The highest BCUT2D eigenvalue weighted by Gasteiger charge is 2.24. The Hall–Kier alpha value is -1.82. The molecule has 6 nitrogen and oxygen atoms in total. The molecule has 1 atom stereocenters. The maximum atomic E-state index is 11.2. The highest BCUT2D eigenvalue weighted by atomic mass is 16.4. The summed E-state index contributed by atoms with van der Waals surface area (Å²) in [5.41, 5.74) is 6.06. The predicted octanol–water partition coefficient (Wildman–Crippen LogP) is 1.50. The van der Waals surface area contributed by atoms with Crippen molar-refractivity contribution in [3.05, 3.63) is 17.8 Å². The first-order valence-corrected chi connectivity index (χ1v) is 6.94. The molecule has 0 radical (unpaired) electrons. The van der Waals surface area contributed by atoms with Crippen molar-refractivity contribution < 1.29 is 9.90 Å². The van der Waals surface area contributed by atoms with Gasteiger partial charge in [-0.05, 0) is 38.8 Å². The summed E-state index contributed by atoms with van der Waals surface area (Å²) < 4.78 is 0. The van der Waals surface area contributed by atoms with Crippen molar-refractivity contribution in [2.24, 2.45) is 5.92 Å². The molecule has 0 aromatic carbocycles. The van der Waals surface area contributed by atoms with Gasteiger partial charge in [0.1, 0.15) is 11.4 Å². The molecule has 1 saturated heterocycles. The molecule has 1 fully saturated rings. The summed E-state index contributed by atoms with van der Waals surface area (Å²) in [4.78, 5) is 17.7. The standard InChI is InChI=1S/C14H22N4O2/c1-9(2)18-4-3-10(8-18)6-16-13-12(14(19)20)5-11(15)7-17-13/h5,7,9-10H,3-4,6,8,15H2,1-2H3,(H,16,17)(H,19,20). The van der Waals surface area contributed by atoms with Crippen LogP contribution in [0.15, 0.2) is 12.3 Å². The number of nitrogens with two attached hydrogens (primary N) is 1.